The zero-order chi connectivity index (χ0) is 18.1. The van der Waals surface area contributed by atoms with Crippen LogP contribution in [0.25, 0.3) is 0 Å². The summed E-state index contributed by atoms with van der Waals surface area (Å²) in [6, 6.07) is 16.6. The van der Waals surface area contributed by atoms with Gasteiger partial charge in [0.15, 0.2) is 0 Å². The highest BCUT2D eigenvalue weighted by Gasteiger charge is 2.55. The fourth-order valence-electron chi connectivity index (χ4n) is 3.73. The SMILES string of the molecule is O=C(CN1C(=O)N[C@@]2(CCc3ccccc32)C1=O)NCc1ccccc1. The van der Waals surface area contributed by atoms with E-state index in [1.165, 1.54) is 0 Å². The van der Waals surface area contributed by atoms with Gasteiger partial charge >= 0.3 is 6.03 Å². The van der Waals surface area contributed by atoms with Gasteiger partial charge in [0.25, 0.3) is 5.91 Å². The predicted octanol–water partition coefficient (Wildman–Crippen LogP) is 1.70. The first-order valence-corrected chi connectivity index (χ1v) is 8.63. The van der Waals surface area contributed by atoms with E-state index in [0.29, 0.717) is 13.0 Å². The standard InChI is InChI=1S/C20H19N3O3/c24-17(21-12-14-6-2-1-3-7-14)13-23-18(25)20(22-19(23)26)11-10-15-8-4-5-9-16(15)20/h1-9H,10-13H2,(H,21,24)(H,22,26)/t20-/m1/s1. The molecular formula is C20H19N3O3. The number of hydrogen-bond acceptors (Lipinski definition) is 3. The molecule has 1 heterocycles. The number of carbonyl (C=O) groups excluding carboxylic acids is 3. The van der Waals surface area contributed by atoms with Gasteiger partial charge in [-0.25, -0.2) is 4.79 Å². The second kappa shape index (κ2) is 6.29. The van der Waals surface area contributed by atoms with Crippen molar-refractivity contribution in [1.82, 2.24) is 15.5 Å². The number of amides is 4. The van der Waals surface area contributed by atoms with Crippen molar-refractivity contribution in [2.24, 2.45) is 0 Å². The lowest BCUT2D eigenvalue weighted by atomic mass is 9.92. The number of nitrogens with one attached hydrogen (secondary N) is 2. The molecule has 4 rings (SSSR count). The van der Waals surface area contributed by atoms with E-state index in [9.17, 15) is 14.4 Å². The molecule has 6 nitrogen and oxygen atoms in total. The molecule has 0 radical (unpaired) electrons. The average molecular weight is 349 g/mol. The van der Waals surface area contributed by atoms with E-state index in [4.69, 9.17) is 0 Å². The first kappa shape index (κ1) is 16.3. The fraction of sp³-hybridized carbons (Fsp3) is 0.250. The molecule has 2 aromatic carbocycles. The molecule has 0 saturated carbocycles. The maximum atomic E-state index is 13.0. The Morgan fingerprint density at radius 1 is 1.08 bits per heavy atom. The van der Waals surface area contributed by atoms with Crippen LogP contribution in [-0.2, 0) is 28.1 Å². The van der Waals surface area contributed by atoms with Gasteiger partial charge in [-0.05, 0) is 29.5 Å². The van der Waals surface area contributed by atoms with Gasteiger partial charge in [0, 0.05) is 6.54 Å². The topological polar surface area (TPSA) is 78.5 Å². The molecular weight excluding hydrogens is 330 g/mol. The third-order valence-electron chi connectivity index (χ3n) is 5.06. The number of rotatable bonds is 4. The second-order valence-electron chi connectivity index (χ2n) is 6.65. The Morgan fingerprint density at radius 3 is 2.62 bits per heavy atom. The molecule has 0 bridgehead atoms. The second-order valence-corrected chi connectivity index (χ2v) is 6.65. The molecule has 1 aliphatic heterocycles. The number of hydrogen-bond donors (Lipinski definition) is 2. The summed E-state index contributed by atoms with van der Waals surface area (Å²) in [5.74, 6) is -0.706. The van der Waals surface area contributed by atoms with Crippen LogP contribution >= 0.6 is 0 Å². The summed E-state index contributed by atoms with van der Waals surface area (Å²) in [7, 11) is 0. The lowest BCUT2D eigenvalue weighted by Gasteiger charge is -2.22. The third-order valence-corrected chi connectivity index (χ3v) is 5.06. The smallest absolute Gasteiger partial charge is 0.325 e. The number of fused-ring (bicyclic) bond motifs is 2. The Labute approximate surface area is 151 Å². The van der Waals surface area contributed by atoms with Crippen molar-refractivity contribution in [3.05, 3.63) is 71.3 Å². The number of aryl methyl sites for hydroxylation is 1. The van der Waals surface area contributed by atoms with Crippen molar-refractivity contribution in [3.8, 4) is 0 Å². The van der Waals surface area contributed by atoms with Crippen molar-refractivity contribution in [2.45, 2.75) is 24.9 Å². The van der Waals surface area contributed by atoms with Crippen molar-refractivity contribution in [1.29, 1.82) is 0 Å². The van der Waals surface area contributed by atoms with Crippen molar-refractivity contribution in [3.63, 3.8) is 0 Å². The van der Waals surface area contributed by atoms with E-state index in [0.717, 1.165) is 28.0 Å². The van der Waals surface area contributed by atoms with Gasteiger partial charge in [-0.15, -0.1) is 0 Å². The highest BCUT2D eigenvalue weighted by atomic mass is 16.2. The minimum Gasteiger partial charge on any atom is -0.350 e. The molecule has 1 aliphatic carbocycles. The fourth-order valence-corrected chi connectivity index (χ4v) is 3.73. The molecule has 2 aliphatic rings. The quantitative estimate of drug-likeness (QED) is 0.825. The van der Waals surface area contributed by atoms with Gasteiger partial charge in [-0.1, -0.05) is 54.6 Å². The van der Waals surface area contributed by atoms with Crippen molar-refractivity contribution >= 4 is 17.8 Å². The highest BCUT2D eigenvalue weighted by molar-refractivity contribution is 6.09. The van der Waals surface area contributed by atoms with Crippen molar-refractivity contribution in [2.75, 3.05) is 6.54 Å². The van der Waals surface area contributed by atoms with Gasteiger partial charge in [-0.2, -0.15) is 0 Å². The molecule has 0 unspecified atom stereocenters. The van der Waals surface area contributed by atoms with Crippen LogP contribution in [0.3, 0.4) is 0 Å². The van der Waals surface area contributed by atoms with Gasteiger partial charge < -0.3 is 10.6 Å². The van der Waals surface area contributed by atoms with Crippen LogP contribution in [0.4, 0.5) is 4.79 Å². The Hall–Kier alpha value is -3.15. The van der Waals surface area contributed by atoms with Crippen LogP contribution in [0.1, 0.15) is 23.1 Å². The van der Waals surface area contributed by atoms with Gasteiger partial charge in [0.1, 0.15) is 12.1 Å². The number of benzene rings is 2. The number of imide groups is 1. The van der Waals surface area contributed by atoms with E-state index in [-0.39, 0.29) is 18.4 Å². The Kier molecular flexibility index (Phi) is 3.95. The molecule has 132 valence electrons. The van der Waals surface area contributed by atoms with E-state index < -0.39 is 11.6 Å². The van der Waals surface area contributed by atoms with Crippen molar-refractivity contribution < 1.29 is 14.4 Å². The summed E-state index contributed by atoms with van der Waals surface area (Å²) in [6.45, 7) is 0.0821. The minimum atomic E-state index is -1.02. The molecule has 1 atom stereocenters. The summed E-state index contributed by atoms with van der Waals surface area (Å²) in [5.41, 5.74) is 1.84. The summed E-state index contributed by atoms with van der Waals surface area (Å²) in [5, 5.41) is 5.57. The van der Waals surface area contributed by atoms with Gasteiger partial charge in [-0.3, -0.25) is 14.5 Å². The van der Waals surface area contributed by atoms with Gasteiger partial charge in [0.05, 0.1) is 0 Å². The molecule has 26 heavy (non-hydrogen) atoms. The number of carbonyl (C=O) groups is 3. The summed E-state index contributed by atoms with van der Waals surface area (Å²) in [4.78, 5) is 38.6. The average Bonchev–Trinajstić information content (AvgIpc) is 3.15. The first-order valence-electron chi connectivity index (χ1n) is 8.63. The highest BCUT2D eigenvalue weighted by Crippen LogP contribution is 2.41. The van der Waals surface area contributed by atoms with E-state index in [2.05, 4.69) is 10.6 Å². The Bertz CT molecular complexity index is 881. The summed E-state index contributed by atoms with van der Waals surface area (Å²) < 4.78 is 0. The lowest BCUT2D eigenvalue weighted by Crippen LogP contribution is -2.43. The monoisotopic (exact) mass is 349 g/mol. The van der Waals surface area contributed by atoms with E-state index in [1.807, 2.05) is 54.6 Å². The van der Waals surface area contributed by atoms with Crippen LogP contribution in [0, 0.1) is 0 Å². The van der Waals surface area contributed by atoms with Crippen LogP contribution in [-0.4, -0.2) is 29.3 Å². The third kappa shape index (κ3) is 2.63. The molecule has 6 heteroatoms. The normalized spacial score (nSPS) is 21.0. The molecule has 2 N–H and O–H groups in total. The zero-order valence-electron chi connectivity index (χ0n) is 14.2. The largest absolute Gasteiger partial charge is 0.350 e. The van der Waals surface area contributed by atoms with E-state index >= 15 is 0 Å². The molecule has 1 spiro atoms. The number of nitrogens with zero attached hydrogens (tertiary/aromatic N) is 1. The Morgan fingerprint density at radius 2 is 1.81 bits per heavy atom. The first-order chi connectivity index (χ1) is 12.6. The van der Waals surface area contributed by atoms with E-state index in [1.54, 1.807) is 0 Å². The molecule has 1 fully saturated rings. The predicted molar refractivity (Wildman–Crippen MR) is 95.0 cm³/mol. The van der Waals surface area contributed by atoms with Gasteiger partial charge in [0.2, 0.25) is 5.91 Å². The van der Waals surface area contributed by atoms with Crippen LogP contribution < -0.4 is 10.6 Å². The van der Waals surface area contributed by atoms with Crippen LogP contribution in [0.2, 0.25) is 0 Å². The van der Waals surface area contributed by atoms with Crippen LogP contribution in [0.5, 0.6) is 0 Å². The summed E-state index contributed by atoms with van der Waals surface area (Å²) >= 11 is 0. The minimum absolute atomic E-state index is 0.276. The molecule has 4 amide bonds. The maximum Gasteiger partial charge on any atom is 0.325 e. The lowest BCUT2D eigenvalue weighted by molar-refractivity contribution is -0.135. The molecule has 0 aromatic heterocycles. The molecule has 1 saturated heterocycles. The number of urea groups is 1. The Balaban J connectivity index is 1.46. The zero-order valence-corrected chi connectivity index (χ0v) is 14.2. The molecule has 2 aromatic rings. The maximum absolute atomic E-state index is 13.0. The summed E-state index contributed by atoms with van der Waals surface area (Å²) in [6.07, 6.45) is 1.26. The van der Waals surface area contributed by atoms with Crippen LogP contribution in [0.15, 0.2) is 54.6 Å².